The van der Waals surface area contributed by atoms with Crippen molar-refractivity contribution in [2.24, 2.45) is 5.92 Å². The van der Waals surface area contributed by atoms with Crippen LogP contribution >= 0.6 is 0 Å². The molecule has 0 aliphatic heterocycles. The third-order valence-corrected chi connectivity index (χ3v) is 3.86. The second kappa shape index (κ2) is 5.55. The van der Waals surface area contributed by atoms with Crippen LogP contribution in [0.2, 0.25) is 0 Å². The minimum atomic E-state index is 0.00453. The number of methoxy groups -OCH3 is 1. The maximum atomic E-state index is 12.5. The lowest BCUT2D eigenvalue weighted by Gasteiger charge is -2.20. The topological polar surface area (TPSA) is 43.4 Å². The molecule has 0 radical (unpaired) electrons. The molecule has 0 amide bonds. The van der Waals surface area contributed by atoms with Gasteiger partial charge in [-0.25, -0.2) is 0 Å². The number of rotatable bonds is 3. The van der Waals surface area contributed by atoms with Crippen LogP contribution in [0.15, 0.2) is 12.1 Å². The first-order valence-corrected chi connectivity index (χ1v) is 6.74. The largest absolute Gasteiger partial charge is 0.496 e. The molecule has 3 nitrogen and oxygen atoms in total. The van der Waals surface area contributed by atoms with Crippen LogP contribution in [-0.4, -0.2) is 18.7 Å². The van der Waals surface area contributed by atoms with Gasteiger partial charge in [0.1, 0.15) is 11.5 Å². The molecule has 0 aromatic heterocycles. The highest BCUT2D eigenvalue weighted by Crippen LogP contribution is 2.29. The van der Waals surface area contributed by atoms with E-state index in [1.807, 2.05) is 26.0 Å². The fraction of sp³-hybridized carbons (Fsp3) is 0.500. The predicted molar refractivity (Wildman–Crippen MR) is 73.8 cm³/mol. The Bertz CT molecular complexity index is 484. The average molecular weight is 260 g/mol. The van der Waals surface area contributed by atoms with Gasteiger partial charge in [0.15, 0.2) is 5.78 Å². The van der Waals surface area contributed by atoms with Gasteiger partial charge in [0.2, 0.25) is 0 Å². The van der Waals surface area contributed by atoms with Gasteiger partial charge in [-0.3, -0.25) is 9.59 Å². The Morgan fingerprint density at radius 3 is 2.16 bits per heavy atom. The van der Waals surface area contributed by atoms with Gasteiger partial charge in [-0.05, 0) is 49.9 Å². The first-order valence-electron chi connectivity index (χ1n) is 6.74. The molecule has 1 fully saturated rings. The van der Waals surface area contributed by atoms with E-state index in [1.54, 1.807) is 7.11 Å². The van der Waals surface area contributed by atoms with Crippen molar-refractivity contribution in [3.05, 3.63) is 28.8 Å². The smallest absolute Gasteiger partial charge is 0.165 e. The second-order valence-corrected chi connectivity index (χ2v) is 5.32. The third-order valence-electron chi connectivity index (χ3n) is 3.86. The predicted octanol–water partition coefficient (Wildman–Crippen LogP) is 3.25. The van der Waals surface area contributed by atoms with Gasteiger partial charge in [-0.2, -0.15) is 0 Å². The summed E-state index contributed by atoms with van der Waals surface area (Å²) in [5.74, 6) is 1.30. The monoisotopic (exact) mass is 260 g/mol. The first kappa shape index (κ1) is 13.8. The molecule has 0 heterocycles. The lowest BCUT2D eigenvalue weighted by Crippen LogP contribution is -2.22. The normalized spacial score (nSPS) is 16.5. The summed E-state index contributed by atoms with van der Waals surface area (Å²) < 4.78 is 5.31. The summed E-state index contributed by atoms with van der Waals surface area (Å²) in [6, 6.07) is 3.79. The van der Waals surface area contributed by atoms with Crippen molar-refractivity contribution in [3.63, 3.8) is 0 Å². The van der Waals surface area contributed by atoms with Crippen molar-refractivity contribution in [1.82, 2.24) is 0 Å². The fourth-order valence-corrected chi connectivity index (χ4v) is 2.85. The van der Waals surface area contributed by atoms with Gasteiger partial charge in [0.05, 0.1) is 7.11 Å². The zero-order chi connectivity index (χ0) is 14.0. The summed E-state index contributed by atoms with van der Waals surface area (Å²) in [6.45, 7) is 3.90. The Morgan fingerprint density at radius 1 is 1.16 bits per heavy atom. The van der Waals surface area contributed by atoms with Gasteiger partial charge >= 0.3 is 0 Å². The van der Waals surface area contributed by atoms with Crippen molar-refractivity contribution in [3.8, 4) is 5.75 Å². The van der Waals surface area contributed by atoms with E-state index in [9.17, 15) is 9.59 Å². The molecule has 3 heteroatoms. The molecular weight excluding hydrogens is 240 g/mol. The number of hydrogen-bond acceptors (Lipinski definition) is 3. The number of ketones is 2. The molecule has 1 aromatic rings. The van der Waals surface area contributed by atoms with E-state index in [-0.39, 0.29) is 17.5 Å². The minimum Gasteiger partial charge on any atom is -0.496 e. The molecule has 1 saturated carbocycles. The van der Waals surface area contributed by atoms with Crippen molar-refractivity contribution in [2.75, 3.05) is 7.11 Å². The Kier molecular flexibility index (Phi) is 4.03. The molecule has 0 N–H and O–H groups in total. The highest BCUT2D eigenvalue weighted by Gasteiger charge is 2.26. The quantitative estimate of drug-likeness (QED) is 0.783. The van der Waals surface area contributed by atoms with Crippen molar-refractivity contribution >= 4 is 11.6 Å². The number of ether oxygens (including phenoxy) is 1. The molecular formula is C16H20O3. The van der Waals surface area contributed by atoms with E-state index >= 15 is 0 Å². The lowest BCUT2D eigenvalue weighted by atomic mass is 9.83. The summed E-state index contributed by atoms with van der Waals surface area (Å²) in [5, 5.41) is 0. The third kappa shape index (κ3) is 2.86. The summed E-state index contributed by atoms with van der Waals surface area (Å²) in [4.78, 5) is 23.7. The molecule has 1 aromatic carbocycles. The first-order chi connectivity index (χ1) is 9.02. The lowest BCUT2D eigenvalue weighted by molar-refractivity contribution is -0.120. The molecule has 1 aliphatic carbocycles. The molecule has 102 valence electrons. The Morgan fingerprint density at radius 2 is 1.68 bits per heavy atom. The SMILES string of the molecule is COc1c(C)cc(C(=O)C2CCC(=O)CC2)cc1C. The van der Waals surface area contributed by atoms with E-state index in [4.69, 9.17) is 4.74 Å². The Labute approximate surface area is 114 Å². The van der Waals surface area contributed by atoms with Crippen LogP contribution in [0.3, 0.4) is 0 Å². The van der Waals surface area contributed by atoms with Gasteiger partial charge in [0.25, 0.3) is 0 Å². The average Bonchev–Trinajstić information content (AvgIpc) is 2.38. The number of benzene rings is 1. The summed E-state index contributed by atoms with van der Waals surface area (Å²) in [6.07, 6.45) is 2.48. The van der Waals surface area contributed by atoms with Crippen molar-refractivity contribution < 1.29 is 14.3 Å². The molecule has 2 rings (SSSR count). The van der Waals surface area contributed by atoms with Crippen LogP contribution in [0.4, 0.5) is 0 Å². The maximum Gasteiger partial charge on any atom is 0.165 e. The Hall–Kier alpha value is -1.64. The highest BCUT2D eigenvalue weighted by molar-refractivity contribution is 5.99. The summed E-state index contributed by atoms with van der Waals surface area (Å²) >= 11 is 0. The molecule has 0 bridgehead atoms. The molecule has 0 saturated heterocycles. The molecule has 19 heavy (non-hydrogen) atoms. The Balaban J connectivity index is 2.22. The van der Waals surface area contributed by atoms with E-state index in [2.05, 4.69) is 0 Å². The number of carbonyl (C=O) groups is 2. The zero-order valence-corrected chi connectivity index (χ0v) is 11.8. The number of Topliss-reactive ketones (excluding diaryl/α,β-unsaturated/α-hetero) is 2. The highest BCUT2D eigenvalue weighted by atomic mass is 16.5. The van der Waals surface area contributed by atoms with Crippen molar-refractivity contribution in [1.29, 1.82) is 0 Å². The van der Waals surface area contributed by atoms with Crippen LogP contribution in [-0.2, 0) is 4.79 Å². The van der Waals surface area contributed by atoms with Gasteiger partial charge in [0, 0.05) is 24.3 Å². The van der Waals surface area contributed by atoms with Gasteiger partial charge in [-0.15, -0.1) is 0 Å². The van der Waals surface area contributed by atoms with Crippen LogP contribution < -0.4 is 4.74 Å². The molecule has 1 aliphatic rings. The van der Waals surface area contributed by atoms with Crippen LogP contribution in [0.5, 0.6) is 5.75 Å². The van der Waals surface area contributed by atoms with Crippen molar-refractivity contribution in [2.45, 2.75) is 39.5 Å². The second-order valence-electron chi connectivity index (χ2n) is 5.32. The standard InChI is InChI=1S/C16H20O3/c1-10-8-13(9-11(2)16(10)19-3)15(18)12-4-6-14(17)7-5-12/h8-9,12H,4-7H2,1-3H3. The molecule has 0 spiro atoms. The molecule has 0 atom stereocenters. The van der Waals surface area contributed by atoms with Crippen LogP contribution in [0.1, 0.15) is 47.2 Å². The van der Waals surface area contributed by atoms with Gasteiger partial charge in [-0.1, -0.05) is 0 Å². The minimum absolute atomic E-state index is 0.00453. The maximum absolute atomic E-state index is 12.5. The van der Waals surface area contributed by atoms with E-state index in [0.29, 0.717) is 25.7 Å². The number of aryl methyl sites for hydroxylation is 2. The zero-order valence-electron chi connectivity index (χ0n) is 11.8. The number of hydrogen-bond donors (Lipinski definition) is 0. The van der Waals surface area contributed by atoms with E-state index < -0.39 is 0 Å². The summed E-state index contributed by atoms with van der Waals surface area (Å²) in [5.41, 5.74) is 2.71. The van der Waals surface area contributed by atoms with Gasteiger partial charge < -0.3 is 4.74 Å². The van der Waals surface area contributed by atoms with Crippen LogP contribution in [0.25, 0.3) is 0 Å². The molecule has 0 unspecified atom stereocenters. The number of carbonyl (C=O) groups excluding carboxylic acids is 2. The fourth-order valence-electron chi connectivity index (χ4n) is 2.85. The van der Waals surface area contributed by atoms with E-state index in [1.165, 1.54) is 0 Å². The summed E-state index contributed by atoms with van der Waals surface area (Å²) in [7, 11) is 1.64. The van der Waals surface area contributed by atoms with Crippen LogP contribution in [0, 0.1) is 19.8 Å². The van der Waals surface area contributed by atoms with E-state index in [0.717, 1.165) is 22.4 Å².